The van der Waals surface area contributed by atoms with Crippen molar-refractivity contribution in [2.75, 3.05) is 19.6 Å². The first-order valence-corrected chi connectivity index (χ1v) is 7.47. The molecule has 0 spiro atoms. The zero-order valence-corrected chi connectivity index (χ0v) is 12.9. The summed E-state index contributed by atoms with van der Waals surface area (Å²) in [7, 11) is 0. The highest BCUT2D eigenvalue weighted by Crippen LogP contribution is 2.19. The van der Waals surface area contributed by atoms with E-state index in [-0.39, 0.29) is 17.7 Å². The summed E-state index contributed by atoms with van der Waals surface area (Å²) < 4.78 is 0. The first-order chi connectivity index (χ1) is 9.95. The Morgan fingerprint density at radius 2 is 2.14 bits per heavy atom. The van der Waals surface area contributed by atoms with E-state index in [0.29, 0.717) is 17.1 Å². The number of aryl methyl sites for hydroxylation is 1. The molecule has 4 N–H and O–H groups in total. The number of carbonyl (C=O) groups is 1. The highest BCUT2D eigenvalue weighted by molar-refractivity contribution is 7.80. The van der Waals surface area contributed by atoms with Crippen molar-refractivity contribution in [1.82, 2.24) is 10.2 Å². The van der Waals surface area contributed by atoms with Crippen LogP contribution in [0.15, 0.2) is 18.2 Å². The number of aromatic hydroxyl groups is 1. The smallest absolute Gasteiger partial charge is 0.255 e. The van der Waals surface area contributed by atoms with Crippen LogP contribution in [0.4, 0.5) is 0 Å². The summed E-state index contributed by atoms with van der Waals surface area (Å²) in [5.74, 6) is -0.196. The largest absolute Gasteiger partial charge is 0.507 e. The number of rotatable bonds is 4. The molecular weight excluding hydrogens is 286 g/mol. The fourth-order valence-corrected chi connectivity index (χ4v) is 2.74. The van der Waals surface area contributed by atoms with E-state index in [0.717, 1.165) is 31.5 Å². The van der Waals surface area contributed by atoms with E-state index in [1.165, 1.54) is 0 Å². The second-order valence-corrected chi connectivity index (χ2v) is 6.04. The molecule has 1 aromatic rings. The van der Waals surface area contributed by atoms with Gasteiger partial charge in [0.25, 0.3) is 5.91 Å². The van der Waals surface area contributed by atoms with E-state index in [4.69, 9.17) is 18.0 Å². The van der Waals surface area contributed by atoms with Gasteiger partial charge in [0.2, 0.25) is 0 Å². The predicted octanol–water partition coefficient (Wildman–Crippen LogP) is 1.18. The second kappa shape index (κ2) is 6.87. The van der Waals surface area contributed by atoms with Crippen LogP contribution in [0.25, 0.3) is 0 Å². The molecule has 1 aliphatic heterocycles. The molecule has 1 aliphatic rings. The Morgan fingerprint density at radius 3 is 2.71 bits per heavy atom. The van der Waals surface area contributed by atoms with Gasteiger partial charge in [-0.2, -0.15) is 0 Å². The summed E-state index contributed by atoms with van der Waals surface area (Å²) in [6.45, 7) is 4.23. The number of amides is 1. The first kappa shape index (κ1) is 15.7. The number of benzene rings is 1. The third-order valence-electron chi connectivity index (χ3n) is 3.70. The van der Waals surface area contributed by atoms with Crippen molar-refractivity contribution >= 4 is 23.1 Å². The molecule has 5 nitrogen and oxygen atoms in total. The molecule has 114 valence electrons. The quantitative estimate of drug-likeness (QED) is 0.728. The summed E-state index contributed by atoms with van der Waals surface area (Å²) in [5, 5.41) is 12.8. The van der Waals surface area contributed by atoms with Gasteiger partial charge in [0.15, 0.2) is 0 Å². The van der Waals surface area contributed by atoms with Gasteiger partial charge in [0.1, 0.15) is 5.75 Å². The van der Waals surface area contributed by atoms with Crippen LogP contribution < -0.4 is 11.1 Å². The lowest BCUT2D eigenvalue weighted by Crippen LogP contribution is -2.46. The van der Waals surface area contributed by atoms with E-state index in [1.807, 2.05) is 13.0 Å². The van der Waals surface area contributed by atoms with Gasteiger partial charge in [-0.25, -0.2) is 0 Å². The number of thiocarbonyl (C=S) groups is 1. The van der Waals surface area contributed by atoms with Crippen LogP contribution in [-0.2, 0) is 0 Å². The van der Waals surface area contributed by atoms with Crippen LogP contribution in [0.2, 0.25) is 0 Å². The Morgan fingerprint density at radius 1 is 1.48 bits per heavy atom. The summed E-state index contributed by atoms with van der Waals surface area (Å²) >= 11 is 4.90. The van der Waals surface area contributed by atoms with Crippen LogP contribution in [0.3, 0.4) is 0 Å². The van der Waals surface area contributed by atoms with Crippen molar-refractivity contribution in [3.05, 3.63) is 29.3 Å². The molecule has 2 rings (SSSR count). The highest BCUT2D eigenvalue weighted by atomic mass is 32.1. The van der Waals surface area contributed by atoms with E-state index >= 15 is 0 Å². The molecule has 0 unspecified atom stereocenters. The van der Waals surface area contributed by atoms with Crippen LogP contribution in [-0.4, -0.2) is 46.6 Å². The fraction of sp³-hybridized carbons (Fsp3) is 0.467. The lowest BCUT2D eigenvalue weighted by atomic mass is 10.0. The van der Waals surface area contributed by atoms with Gasteiger partial charge < -0.3 is 16.2 Å². The number of nitrogens with two attached hydrogens (primary N) is 1. The van der Waals surface area contributed by atoms with E-state index in [9.17, 15) is 9.90 Å². The van der Waals surface area contributed by atoms with Gasteiger partial charge in [-0.15, -0.1) is 0 Å². The van der Waals surface area contributed by atoms with Crippen molar-refractivity contribution in [2.24, 2.45) is 5.73 Å². The molecule has 0 saturated carbocycles. The molecule has 0 aliphatic carbocycles. The number of phenolic OH excluding ortho intramolecular Hbond substituents is 1. The van der Waals surface area contributed by atoms with Crippen LogP contribution in [0, 0.1) is 6.92 Å². The zero-order valence-electron chi connectivity index (χ0n) is 12.1. The molecule has 0 bridgehead atoms. The Balaban J connectivity index is 1.88. The number of hydrogen-bond donors (Lipinski definition) is 3. The van der Waals surface area contributed by atoms with Gasteiger partial charge >= 0.3 is 0 Å². The molecular formula is C15H21N3O2S. The number of carbonyl (C=O) groups excluding carboxylic acids is 1. The van der Waals surface area contributed by atoms with Gasteiger partial charge in [-0.1, -0.05) is 18.3 Å². The van der Waals surface area contributed by atoms with E-state index in [2.05, 4.69) is 10.2 Å². The number of likely N-dealkylation sites (tertiary alicyclic amines) is 1. The van der Waals surface area contributed by atoms with Crippen molar-refractivity contribution in [3.8, 4) is 5.75 Å². The maximum atomic E-state index is 12.2. The monoisotopic (exact) mass is 307 g/mol. The molecule has 0 aromatic heterocycles. The first-order valence-electron chi connectivity index (χ1n) is 7.07. The van der Waals surface area contributed by atoms with Crippen LogP contribution in [0.5, 0.6) is 5.75 Å². The van der Waals surface area contributed by atoms with Gasteiger partial charge in [-0.05, 0) is 37.5 Å². The Bertz CT molecular complexity index is 540. The minimum atomic E-state index is -0.222. The van der Waals surface area contributed by atoms with Gasteiger partial charge in [0.05, 0.1) is 10.6 Å². The third-order valence-corrected chi connectivity index (χ3v) is 3.83. The minimum absolute atomic E-state index is 0.0263. The maximum Gasteiger partial charge on any atom is 0.255 e. The number of phenols is 1. The highest BCUT2D eigenvalue weighted by Gasteiger charge is 2.22. The number of nitrogens with one attached hydrogen (secondary N) is 1. The molecule has 6 heteroatoms. The summed E-state index contributed by atoms with van der Waals surface area (Å²) in [6, 6.07) is 5.20. The fourth-order valence-electron chi connectivity index (χ4n) is 2.55. The SMILES string of the molecule is Cc1ccc(C(=O)NC2CCN(CC(N)=S)CC2)c(O)c1. The number of hydrogen-bond acceptors (Lipinski definition) is 4. The Hall–Kier alpha value is -1.66. The molecule has 21 heavy (non-hydrogen) atoms. The minimum Gasteiger partial charge on any atom is -0.507 e. The molecule has 1 amide bonds. The van der Waals surface area contributed by atoms with Gasteiger partial charge in [0, 0.05) is 25.7 Å². The van der Waals surface area contributed by atoms with Gasteiger partial charge in [-0.3, -0.25) is 9.69 Å². The van der Waals surface area contributed by atoms with Crippen molar-refractivity contribution in [3.63, 3.8) is 0 Å². The molecule has 1 aromatic carbocycles. The Kier molecular flexibility index (Phi) is 5.14. The van der Waals surface area contributed by atoms with Crippen LogP contribution in [0.1, 0.15) is 28.8 Å². The topological polar surface area (TPSA) is 78.6 Å². The lowest BCUT2D eigenvalue weighted by molar-refractivity contribution is 0.0912. The van der Waals surface area contributed by atoms with E-state index in [1.54, 1.807) is 12.1 Å². The molecule has 0 atom stereocenters. The third kappa shape index (κ3) is 4.41. The molecule has 1 fully saturated rings. The summed E-state index contributed by atoms with van der Waals surface area (Å²) in [4.78, 5) is 14.9. The summed E-state index contributed by atoms with van der Waals surface area (Å²) in [5.41, 5.74) is 6.79. The van der Waals surface area contributed by atoms with Crippen molar-refractivity contribution in [2.45, 2.75) is 25.8 Å². The van der Waals surface area contributed by atoms with Crippen molar-refractivity contribution < 1.29 is 9.90 Å². The molecule has 0 radical (unpaired) electrons. The lowest BCUT2D eigenvalue weighted by Gasteiger charge is -2.32. The average molecular weight is 307 g/mol. The number of nitrogens with zero attached hydrogens (tertiary/aromatic N) is 1. The molecule has 1 heterocycles. The van der Waals surface area contributed by atoms with Crippen molar-refractivity contribution in [1.29, 1.82) is 0 Å². The van der Waals surface area contributed by atoms with E-state index < -0.39 is 0 Å². The normalized spacial score (nSPS) is 16.6. The molecule has 1 saturated heterocycles. The predicted molar refractivity (Wildman–Crippen MR) is 86.6 cm³/mol. The zero-order chi connectivity index (χ0) is 15.4. The maximum absolute atomic E-state index is 12.2. The summed E-state index contributed by atoms with van der Waals surface area (Å²) in [6.07, 6.45) is 1.72. The number of piperidine rings is 1. The van der Waals surface area contributed by atoms with Crippen LogP contribution >= 0.6 is 12.2 Å². The Labute approximate surface area is 130 Å². The second-order valence-electron chi connectivity index (χ2n) is 5.51. The average Bonchev–Trinajstić information content (AvgIpc) is 2.40. The standard InChI is InChI=1S/C15H21N3O2S/c1-10-2-3-12(13(19)8-10)15(20)17-11-4-6-18(7-5-11)9-14(16)21/h2-3,8,11,19H,4-7,9H2,1H3,(H2,16,21)(H,17,20).